The molecule has 0 radical (unpaired) electrons. The first-order valence-corrected chi connectivity index (χ1v) is 4.86. The number of hydrogen-bond acceptors (Lipinski definition) is 3. The molecular formula is C11H14O3. The van der Waals surface area contributed by atoms with Crippen molar-refractivity contribution in [1.82, 2.24) is 0 Å². The zero-order valence-electron chi connectivity index (χ0n) is 7.98. The Bertz CT molecular complexity index is 275. The number of phenolic OH excluding ortho intramolecular Hbond substituents is 1. The zero-order valence-corrected chi connectivity index (χ0v) is 7.98. The van der Waals surface area contributed by atoms with Crippen LogP contribution in [0.2, 0.25) is 0 Å². The maximum absolute atomic E-state index is 9.09. The van der Waals surface area contributed by atoms with Gasteiger partial charge in [0, 0.05) is 6.42 Å². The summed E-state index contributed by atoms with van der Waals surface area (Å²) in [6.45, 7) is 1.42. The molecule has 1 aliphatic heterocycles. The quantitative estimate of drug-likeness (QED) is 0.795. The fourth-order valence-corrected chi connectivity index (χ4v) is 1.52. The van der Waals surface area contributed by atoms with E-state index in [9.17, 15) is 0 Å². The summed E-state index contributed by atoms with van der Waals surface area (Å²) < 4.78 is 10.7. The molecule has 0 aliphatic carbocycles. The van der Waals surface area contributed by atoms with Crippen LogP contribution in [0.1, 0.15) is 12.0 Å². The van der Waals surface area contributed by atoms with Crippen molar-refractivity contribution >= 4 is 0 Å². The summed E-state index contributed by atoms with van der Waals surface area (Å²) in [5.74, 6) is 0.308. The van der Waals surface area contributed by atoms with Crippen LogP contribution in [-0.4, -0.2) is 24.6 Å². The van der Waals surface area contributed by atoms with Crippen LogP contribution in [0.5, 0.6) is 5.75 Å². The normalized spacial score (nSPS) is 17.4. The minimum atomic E-state index is -0.0381. The Kier molecular flexibility index (Phi) is 3.01. The van der Waals surface area contributed by atoms with Crippen molar-refractivity contribution < 1.29 is 14.6 Å². The first kappa shape index (κ1) is 9.49. The lowest BCUT2D eigenvalue weighted by molar-refractivity contribution is -0.0461. The van der Waals surface area contributed by atoms with Gasteiger partial charge in [-0.05, 0) is 24.1 Å². The second-order valence-corrected chi connectivity index (χ2v) is 3.38. The van der Waals surface area contributed by atoms with Gasteiger partial charge in [0.25, 0.3) is 0 Å². The first-order chi connectivity index (χ1) is 6.84. The summed E-state index contributed by atoms with van der Waals surface area (Å²) in [4.78, 5) is 0. The molecule has 14 heavy (non-hydrogen) atoms. The molecule has 0 atom stereocenters. The van der Waals surface area contributed by atoms with Crippen molar-refractivity contribution in [3.63, 3.8) is 0 Å². The van der Waals surface area contributed by atoms with Gasteiger partial charge in [-0.2, -0.15) is 0 Å². The SMILES string of the molecule is Oc1ccc(CCC2OCCO2)cc1. The Morgan fingerprint density at radius 2 is 1.79 bits per heavy atom. The van der Waals surface area contributed by atoms with Crippen molar-refractivity contribution in [3.05, 3.63) is 29.8 Å². The van der Waals surface area contributed by atoms with Gasteiger partial charge in [0.05, 0.1) is 13.2 Å². The third kappa shape index (κ3) is 2.47. The van der Waals surface area contributed by atoms with Gasteiger partial charge < -0.3 is 14.6 Å². The van der Waals surface area contributed by atoms with E-state index in [-0.39, 0.29) is 6.29 Å². The van der Waals surface area contributed by atoms with E-state index in [0.29, 0.717) is 19.0 Å². The summed E-state index contributed by atoms with van der Waals surface area (Å²) in [7, 11) is 0. The third-order valence-electron chi connectivity index (χ3n) is 2.30. The van der Waals surface area contributed by atoms with E-state index < -0.39 is 0 Å². The highest BCUT2D eigenvalue weighted by atomic mass is 16.7. The van der Waals surface area contributed by atoms with Crippen molar-refractivity contribution in [2.75, 3.05) is 13.2 Å². The lowest BCUT2D eigenvalue weighted by atomic mass is 10.1. The van der Waals surface area contributed by atoms with Crippen molar-refractivity contribution in [2.45, 2.75) is 19.1 Å². The predicted octanol–water partition coefficient (Wildman–Crippen LogP) is 1.70. The number of rotatable bonds is 3. The number of benzene rings is 1. The third-order valence-corrected chi connectivity index (χ3v) is 2.30. The van der Waals surface area contributed by atoms with Gasteiger partial charge in [-0.15, -0.1) is 0 Å². The molecule has 0 amide bonds. The molecule has 0 aromatic heterocycles. The molecule has 1 saturated heterocycles. The predicted molar refractivity (Wildman–Crippen MR) is 52.1 cm³/mol. The molecule has 3 heteroatoms. The van der Waals surface area contributed by atoms with E-state index in [1.807, 2.05) is 12.1 Å². The van der Waals surface area contributed by atoms with Gasteiger partial charge in [0.2, 0.25) is 0 Å². The molecule has 1 aromatic rings. The highest BCUT2D eigenvalue weighted by Crippen LogP contribution is 2.14. The maximum atomic E-state index is 9.09. The topological polar surface area (TPSA) is 38.7 Å². The fourth-order valence-electron chi connectivity index (χ4n) is 1.52. The molecule has 0 saturated carbocycles. The summed E-state index contributed by atoms with van der Waals surface area (Å²) in [6, 6.07) is 7.24. The van der Waals surface area contributed by atoms with Gasteiger partial charge in [-0.1, -0.05) is 12.1 Å². The van der Waals surface area contributed by atoms with Crippen LogP contribution in [0.4, 0.5) is 0 Å². The Balaban J connectivity index is 1.82. The summed E-state index contributed by atoms with van der Waals surface area (Å²) in [6.07, 6.45) is 1.76. The molecule has 1 aliphatic rings. The molecule has 1 heterocycles. The van der Waals surface area contributed by atoms with Gasteiger partial charge >= 0.3 is 0 Å². The second kappa shape index (κ2) is 4.44. The summed E-state index contributed by atoms with van der Waals surface area (Å²) in [5.41, 5.74) is 1.20. The lowest BCUT2D eigenvalue weighted by Gasteiger charge is -2.08. The number of phenols is 1. The largest absolute Gasteiger partial charge is 0.508 e. The van der Waals surface area contributed by atoms with Crippen LogP contribution in [0.3, 0.4) is 0 Å². The zero-order chi connectivity index (χ0) is 9.80. The van der Waals surface area contributed by atoms with Crippen LogP contribution in [0.25, 0.3) is 0 Å². The number of hydrogen-bond donors (Lipinski definition) is 1. The molecule has 0 spiro atoms. The van der Waals surface area contributed by atoms with E-state index in [0.717, 1.165) is 12.8 Å². The Labute approximate surface area is 83.3 Å². The molecule has 1 N–H and O–H groups in total. The molecule has 1 aromatic carbocycles. The van der Waals surface area contributed by atoms with E-state index in [2.05, 4.69) is 0 Å². The van der Waals surface area contributed by atoms with Gasteiger partial charge in [0.1, 0.15) is 5.75 Å². The van der Waals surface area contributed by atoms with Gasteiger partial charge in [0.15, 0.2) is 6.29 Å². The van der Waals surface area contributed by atoms with Crippen molar-refractivity contribution in [1.29, 1.82) is 0 Å². The van der Waals surface area contributed by atoms with E-state index in [1.165, 1.54) is 5.56 Å². The highest BCUT2D eigenvalue weighted by molar-refractivity contribution is 5.25. The Hall–Kier alpha value is -1.06. The molecule has 0 bridgehead atoms. The van der Waals surface area contributed by atoms with Crippen molar-refractivity contribution in [3.8, 4) is 5.75 Å². The Morgan fingerprint density at radius 3 is 2.43 bits per heavy atom. The standard InChI is InChI=1S/C11H14O3/c12-10-4-1-9(2-5-10)3-6-11-13-7-8-14-11/h1-2,4-5,11-12H,3,6-8H2. The van der Waals surface area contributed by atoms with E-state index in [1.54, 1.807) is 12.1 Å². The number of aromatic hydroxyl groups is 1. The van der Waals surface area contributed by atoms with Crippen LogP contribution in [0, 0.1) is 0 Å². The van der Waals surface area contributed by atoms with Crippen LogP contribution in [0.15, 0.2) is 24.3 Å². The monoisotopic (exact) mass is 194 g/mol. The summed E-state index contributed by atoms with van der Waals surface area (Å²) in [5, 5.41) is 9.09. The lowest BCUT2D eigenvalue weighted by Crippen LogP contribution is -2.08. The van der Waals surface area contributed by atoms with Gasteiger partial charge in [-0.3, -0.25) is 0 Å². The fraction of sp³-hybridized carbons (Fsp3) is 0.455. The summed E-state index contributed by atoms with van der Waals surface area (Å²) >= 11 is 0. The van der Waals surface area contributed by atoms with Crippen LogP contribution < -0.4 is 0 Å². The second-order valence-electron chi connectivity index (χ2n) is 3.38. The van der Waals surface area contributed by atoms with Gasteiger partial charge in [-0.25, -0.2) is 0 Å². The first-order valence-electron chi connectivity index (χ1n) is 4.86. The average Bonchev–Trinajstić information content (AvgIpc) is 2.70. The molecular weight excluding hydrogens is 180 g/mol. The molecule has 2 rings (SSSR count). The molecule has 76 valence electrons. The number of ether oxygens (including phenoxy) is 2. The maximum Gasteiger partial charge on any atom is 0.158 e. The average molecular weight is 194 g/mol. The van der Waals surface area contributed by atoms with Crippen LogP contribution in [-0.2, 0) is 15.9 Å². The molecule has 0 unspecified atom stereocenters. The minimum absolute atomic E-state index is 0.0381. The minimum Gasteiger partial charge on any atom is -0.508 e. The molecule has 1 fully saturated rings. The van der Waals surface area contributed by atoms with Crippen LogP contribution >= 0.6 is 0 Å². The number of aryl methyl sites for hydroxylation is 1. The highest BCUT2D eigenvalue weighted by Gasteiger charge is 2.15. The van der Waals surface area contributed by atoms with E-state index >= 15 is 0 Å². The van der Waals surface area contributed by atoms with Crippen molar-refractivity contribution in [2.24, 2.45) is 0 Å². The Morgan fingerprint density at radius 1 is 1.14 bits per heavy atom. The smallest absolute Gasteiger partial charge is 0.158 e. The molecule has 3 nitrogen and oxygen atoms in total. The van der Waals surface area contributed by atoms with E-state index in [4.69, 9.17) is 14.6 Å².